The molecule has 43 heavy (non-hydrogen) atoms. The standard InChI is InChI=1S/C35H44N4O4/c1-5-29-15-27(10-11-42-29)38-33-14-26(25-8-6-24(7-9-25)18-39-19-30-16-28(39)20-43-30)13-31(23(33)4)34(40)36-17-32-21(2)12-22(3)37-35(32)41/h6-9,12-14,27-30,38H,5,10-11,15-20H2,1-4H3,(H,36,40)(H,37,41)/t27?,28-,29?,30-/m0/s1. The first-order valence-corrected chi connectivity index (χ1v) is 15.7. The lowest BCUT2D eigenvalue weighted by Gasteiger charge is -2.31. The molecule has 3 aromatic rings. The molecule has 1 amide bonds. The molecular weight excluding hydrogens is 540 g/mol. The second-order valence-corrected chi connectivity index (χ2v) is 12.6. The van der Waals surface area contributed by atoms with E-state index in [9.17, 15) is 9.59 Å². The Balaban J connectivity index is 1.26. The molecule has 0 spiro atoms. The largest absolute Gasteiger partial charge is 0.382 e. The van der Waals surface area contributed by atoms with Gasteiger partial charge in [-0.25, -0.2) is 0 Å². The molecule has 3 aliphatic heterocycles. The van der Waals surface area contributed by atoms with Crippen LogP contribution in [0, 0.1) is 20.8 Å². The van der Waals surface area contributed by atoms with Crippen molar-refractivity contribution < 1.29 is 14.3 Å². The number of H-pyrrole nitrogens is 1. The Morgan fingerprint density at radius 3 is 2.56 bits per heavy atom. The molecule has 3 fully saturated rings. The molecule has 2 aromatic carbocycles. The Hall–Kier alpha value is -3.46. The molecule has 2 unspecified atom stereocenters. The Bertz CT molecular complexity index is 1530. The van der Waals surface area contributed by atoms with E-state index in [1.807, 2.05) is 32.9 Å². The number of aromatic nitrogens is 1. The van der Waals surface area contributed by atoms with Gasteiger partial charge in [0.25, 0.3) is 11.5 Å². The van der Waals surface area contributed by atoms with E-state index in [4.69, 9.17) is 9.47 Å². The van der Waals surface area contributed by atoms with E-state index in [1.54, 1.807) is 0 Å². The molecule has 6 rings (SSSR count). The zero-order valence-electron chi connectivity index (χ0n) is 25.8. The fourth-order valence-electron chi connectivity index (χ4n) is 6.86. The van der Waals surface area contributed by atoms with E-state index in [-0.39, 0.29) is 30.2 Å². The van der Waals surface area contributed by atoms with Crippen LogP contribution in [0.2, 0.25) is 0 Å². The molecule has 2 bridgehead atoms. The average molecular weight is 585 g/mol. The highest BCUT2D eigenvalue weighted by Gasteiger charge is 2.38. The predicted octanol–water partition coefficient (Wildman–Crippen LogP) is 5.24. The molecule has 4 atom stereocenters. The number of aromatic amines is 1. The number of anilines is 1. The molecule has 4 heterocycles. The van der Waals surface area contributed by atoms with Crippen molar-refractivity contribution in [2.24, 2.45) is 0 Å². The van der Waals surface area contributed by atoms with Gasteiger partial charge in [0.1, 0.15) is 0 Å². The van der Waals surface area contributed by atoms with Gasteiger partial charge in [-0.1, -0.05) is 31.2 Å². The summed E-state index contributed by atoms with van der Waals surface area (Å²) < 4.78 is 11.7. The van der Waals surface area contributed by atoms with Gasteiger partial charge in [-0.05, 0) is 92.5 Å². The minimum Gasteiger partial charge on any atom is -0.382 e. The van der Waals surface area contributed by atoms with Crippen molar-refractivity contribution in [2.45, 2.75) is 90.8 Å². The van der Waals surface area contributed by atoms with Crippen LogP contribution in [0.3, 0.4) is 0 Å². The highest BCUT2D eigenvalue weighted by Crippen LogP contribution is 2.33. The molecule has 8 heteroatoms. The Kier molecular flexibility index (Phi) is 8.71. The number of hydrogen-bond acceptors (Lipinski definition) is 6. The molecule has 0 saturated carbocycles. The number of carbonyl (C=O) groups is 1. The lowest BCUT2D eigenvalue weighted by atomic mass is 9.95. The van der Waals surface area contributed by atoms with Crippen LogP contribution in [0.25, 0.3) is 11.1 Å². The third-order valence-electron chi connectivity index (χ3n) is 9.44. The highest BCUT2D eigenvalue weighted by molar-refractivity contribution is 5.98. The second-order valence-electron chi connectivity index (χ2n) is 12.6. The second kappa shape index (κ2) is 12.6. The molecule has 8 nitrogen and oxygen atoms in total. The first kappa shape index (κ1) is 29.6. The van der Waals surface area contributed by atoms with Gasteiger partial charge in [-0.15, -0.1) is 0 Å². The van der Waals surface area contributed by atoms with Gasteiger partial charge in [0, 0.05) is 60.8 Å². The molecule has 3 aliphatic rings. The third kappa shape index (κ3) is 6.56. The summed E-state index contributed by atoms with van der Waals surface area (Å²) in [4.78, 5) is 31.6. The number of rotatable bonds is 9. The predicted molar refractivity (Wildman–Crippen MR) is 170 cm³/mol. The first-order valence-electron chi connectivity index (χ1n) is 15.7. The number of morpholine rings is 1. The van der Waals surface area contributed by atoms with Crippen LogP contribution < -0.4 is 16.2 Å². The van der Waals surface area contributed by atoms with Gasteiger partial charge in [-0.3, -0.25) is 14.5 Å². The number of nitrogens with one attached hydrogen (secondary N) is 3. The normalized spacial score (nSPS) is 23.4. The fourth-order valence-corrected chi connectivity index (χ4v) is 6.86. The highest BCUT2D eigenvalue weighted by atomic mass is 16.5. The van der Waals surface area contributed by atoms with E-state index in [0.29, 0.717) is 23.3 Å². The van der Waals surface area contributed by atoms with E-state index in [2.05, 4.69) is 57.8 Å². The molecule has 0 radical (unpaired) electrons. The Labute approximate surface area is 254 Å². The van der Waals surface area contributed by atoms with Crippen molar-refractivity contribution in [1.29, 1.82) is 0 Å². The maximum Gasteiger partial charge on any atom is 0.253 e. The van der Waals surface area contributed by atoms with Crippen molar-refractivity contribution in [3.63, 3.8) is 0 Å². The number of nitrogens with zero attached hydrogens (tertiary/aromatic N) is 1. The zero-order chi connectivity index (χ0) is 30.1. The van der Waals surface area contributed by atoms with E-state index in [1.165, 1.54) is 5.56 Å². The molecule has 1 aromatic heterocycles. The topological polar surface area (TPSA) is 95.7 Å². The van der Waals surface area contributed by atoms with Gasteiger partial charge in [-0.2, -0.15) is 0 Å². The summed E-state index contributed by atoms with van der Waals surface area (Å²) in [6, 6.07) is 15.6. The fraction of sp³-hybridized carbons (Fsp3) is 0.486. The van der Waals surface area contributed by atoms with Crippen LogP contribution in [0.4, 0.5) is 5.69 Å². The lowest BCUT2D eigenvalue weighted by molar-refractivity contribution is 0.00924. The van der Waals surface area contributed by atoms with Crippen LogP contribution >= 0.6 is 0 Å². The summed E-state index contributed by atoms with van der Waals surface area (Å²) in [5.41, 5.74) is 7.90. The van der Waals surface area contributed by atoms with Gasteiger partial charge in [0.2, 0.25) is 0 Å². The number of fused-ring (bicyclic) bond motifs is 2. The Morgan fingerprint density at radius 2 is 1.86 bits per heavy atom. The smallest absolute Gasteiger partial charge is 0.253 e. The molecule has 3 saturated heterocycles. The van der Waals surface area contributed by atoms with Crippen molar-refractivity contribution in [3.8, 4) is 11.1 Å². The number of pyridine rings is 1. The summed E-state index contributed by atoms with van der Waals surface area (Å²) in [6.45, 7) is 11.6. The summed E-state index contributed by atoms with van der Waals surface area (Å²) in [5.74, 6) is -0.192. The lowest BCUT2D eigenvalue weighted by Crippen LogP contribution is -2.36. The van der Waals surface area contributed by atoms with Crippen LogP contribution in [0.15, 0.2) is 47.3 Å². The van der Waals surface area contributed by atoms with Gasteiger partial charge < -0.3 is 25.1 Å². The van der Waals surface area contributed by atoms with Crippen LogP contribution in [-0.2, 0) is 22.6 Å². The van der Waals surface area contributed by atoms with E-state index < -0.39 is 0 Å². The first-order chi connectivity index (χ1) is 20.8. The van der Waals surface area contributed by atoms with Crippen LogP contribution in [0.5, 0.6) is 0 Å². The number of benzene rings is 2. The molecule has 3 N–H and O–H groups in total. The van der Waals surface area contributed by atoms with Crippen LogP contribution in [0.1, 0.15) is 70.9 Å². The Morgan fingerprint density at radius 1 is 1.05 bits per heavy atom. The van der Waals surface area contributed by atoms with Gasteiger partial charge >= 0.3 is 0 Å². The number of amides is 1. The summed E-state index contributed by atoms with van der Waals surface area (Å²) in [5, 5.41) is 6.78. The van der Waals surface area contributed by atoms with Crippen LogP contribution in [-0.4, -0.2) is 59.8 Å². The van der Waals surface area contributed by atoms with Crippen molar-refractivity contribution >= 4 is 11.6 Å². The molecular formula is C35H44N4O4. The summed E-state index contributed by atoms with van der Waals surface area (Å²) >= 11 is 0. The minimum absolute atomic E-state index is 0.162. The molecule has 0 aliphatic carbocycles. The SMILES string of the molecule is CCC1CC(Nc2cc(-c3ccc(CN4C[C@@H]5C[C@H]4CO5)cc3)cc(C(=O)NCc3c(C)cc(C)[nH]c3=O)c2C)CCO1. The van der Waals surface area contributed by atoms with Crippen molar-refractivity contribution in [3.05, 3.63) is 86.3 Å². The van der Waals surface area contributed by atoms with Gasteiger partial charge in [0.05, 0.1) is 18.8 Å². The number of likely N-dealkylation sites (tertiary alicyclic amines) is 1. The quantitative estimate of drug-likeness (QED) is 0.319. The monoisotopic (exact) mass is 584 g/mol. The average Bonchev–Trinajstić information content (AvgIpc) is 3.62. The zero-order valence-corrected chi connectivity index (χ0v) is 25.8. The number of carbonyl (C=O) groups excluding carboxylic acids is 1. The molecule has 228 valence electrons. The van der Waals surface area contributed by atoms with Crippen molar-refractivity contribution in [2.75, 3.05) is 25.1 Å². The number of ether oxygens (including phenoxy) is 2. The van der Waals surface area contributed by atoms with Crippen molar-refractivity contribution in [1.82, 2.24) is 15.2 Å². The summed E-state index contributed by atoms with van der Waals surface area (Å²) in [6.07, 6.45) is 4.64. The maximum atomic E-state index is 13.7. The third-order valence-corrected chi connectivity index (χ3v) is 9.44. The number of aryl methyl sites for hydroxylation is 2. The summed E-state index contributed by atoms with van der Waals surface area (Å²) in [7, 11) is 0. The van der Waals surface area contributed by atoms with Gasteiger partial charge in [0.15, 0.2) is 0 Å². The minimum atomic E-state index is -0.192. The number of hydrogen-bond donors (Lipinski definition) is 3. The maximum absolute atomic E-state index is 13.7. The van der Waals surface area contributed by atoms with E-state index >= 15 is 0 Å². The van der Waals surface area contributed by atoms with E-state index in [0.717, 1.165) is 85.6 Å².